The highest BCUT2D eigenvalue weighted by molar-refractivity contribution is 5.53. The van der Waals surface area contributed by atoms with E-state index < -0.39 is 0 Å². The van der Waals surface area contributed by atoms with Crippen LogP contribution in [0.25, 0.3) is 0 Å². The summed E-state index contributed by atoms with van der Waals surface area (Å²) in [6, 6.07) is 0. The third-order valence-corrected chi connectivity index (χ3v) is 1.21. The van der Waals surface area contributed by atoms with Gasteiger partial charge in [0.2, 0.25) is 0 Å². The monoisotopic (exact) mass is 154 g/mol. The minimum absolute atomic E-state index is 0.0358. The molecule has 0 aromatic carbocycles. The molecule has 1 N–H and O–H groups in total. The lowest BCUT2D eigenvalue weighted by molar-refractivity contribution is 0.453. The molecular formula is C5H10N6. The number of tetrazole rings is 1. The van der Waals surface area contributed by atoms with Gasteiger partial charge in [0.25, 0.3) is 0 Å². The van der Waals surface area contributed by atoms with Crippen LogP contribution >= 0.6 is 0 Å². The fourth-order valence-electron chi connectivity index (χ4n) is 0.605. The maximum atomic E-state index is 3.77. The molecule has 1 unspecified atom stereocenters. The molecule has 0 bridgehead atoms. The van der Waals surface area contributed by atoms with Crippen molar-refractivity contribution >= 4 is 6.34 Å². The Bertz CT molecular complexity index is 215. The van der Waals surface area contributed by atoms with Crippen LogP contribution in [0, 0.1) is 0 Å². The summed E-state index contributed by atoms with van der Waals surface area (Å²) < 4.78 is 1.60. The average Bonchev–Trinajstić information content (AvgIpc) is 2.52. The van der Waals surface area contributed by atoms with Crippen LogP contribution in [0.2, 0.25) is 0 Å². The van der Waals surface area contributed by atoms with Crippen molar-refractivity contribution in [1.82, 2.24) is 25.5 Å². The van der Waals surface area contributed by atoms with Gasteiger partial charge in [0.1, 0.15) is 12.5 Å². The summed E-state index contributed by atoms with van der Waals surface area (Å²) in [6.45, 7) is 1.93. The van der Waals surface area contributed by atoms with Crippen molar-refractivity contribution in [2.24, 2.45) is 4.99 Å². The van der Waals surface area contributed by atoms with E-state index in [1.165, 1.54) is 0 Å². The Morgan fingerprint density at radius 3 is 3.09 bits per heavy atom. The Balaban J connectivity index is 2.49. The second-order valence-corrected chi connectivity index (χ2v) is 2.02. The molecule has 0 aliphatic heterocycles. The van der Waals surface area contributed by atoms with Crippen molar-refractivity contribution in [2.75, 3.05) is 7.05 Å². The van der Waals surface area contributed by atoms with Crippen LogP contribution in [-0.4, -0.2) is 33.6 Å². The second kappa shape index (κ2) is 3.65. The van der Waals surface area contributed by atoms with E-state index in [9.17, 15) is 0 Å². The summed E-state index contributed by atoms with van der Waals surface area (Å²) >= 11 is 0. The van der Waals surface area contributed by atoms with E-state index in [1.807, 2.05) is 6.92 Å². The van der Waals surface area contributed by atoms with E-state index >= 15 is 0 Å². The Kier molecular flexibility index (Phi) is 2.53. The Labute approximate surface area is 64.3 Å². The number of rotatable bonds is 3. The van der Waals surface area contributed by atoms with Crippen molar-refractivity contribution in [1.29, 1.82) is 0 Å². The van der Waals surface area contributed by atoms with Gasteiger partial charge in [-0.2, -0.15) is 0 Å². The average molecular weight is 154 g/mol. The van der Waals surface area contributed by atoms with Crippen LogP contribution < -0.4 is 5.32 Å². The first-order chi connectivity index (χ1) is 5.34. The first kappa shape index (κ1) is 7.64. The maximum Gasteiger partial charge on any atom is 0.140 e. The predicted molar refractivity (Wildman–Crippen MR) is 40.1 cm³/mol. The number of hydrogen-bond acceptors (Lipinski definition) is 4. The quantitative estimate of drug-likeness (QED) is 0.468. The summed E-state index contributed by atoms with van der Waals surface area (Å²) in [5.41, 5.74) is 0. The van der Waals surface area contributed by atoms with Gasteiger partial charge in [0.15, 0.2) is 0 Å². The van der Waals surface area contributed by atoms with Crippen molar-refractivity contribution < 1.29 is 0 Å². The normalized spacial score (nSPS) is 13.6. The van der Waals surface area contributed by atoms with Gasteiger partial charge < -0.3 is 5.32 Å². The molecule has 0 radical (unpaired) electrons. The second-order valence-electron chi connectivity index (χ2n) is 2.02. The molecule has 0 saturated heterocycles. The van der Waals surface area contributed by atoms with Gasteiger partial charge in [-0.15, -0.1) is 5.10 Å². The van der Waals surface area contributed by atoms with Gasteiger partial charge >= 0.3 is 0 Å². The molecule has 0 aliphatic carbocycles. The first-order valence-corrected chi connectivity index (χ1v) is 3.23. The van der Waals surface area contributed by atoms with Crippen LogP contribution in [0.3, 0.4) is 0 Å². The van der Waals surface area contributed by atoms with Gasteiger partial charge in [-0.25, -0.2) is 4.68 Å². The summed E-state index contributed by atoms with van der Waals surface area (Å²) in [7, 11) is 1.69. The molecular weight excluding hydrogens is 144 g/mol. The molecule has 0 aliphatic rings. The van der Waals surface area contributed by atoms with Gasteiger partial charge in [-0.1, -0.05) is 0 Å². The van der Waals surface area contributed by atoms with E-state index in [1.54, 1.807) is 24.4 Å². The molecule has 1 heterocycles. The van der Waals surface area contributed by atoms with E-state index in [0.29, 0.717) is 0 Å². The molecule has 1 aromatic heterocycles. The fourth-order valence-corrected chi connectivity index (χ4v) is 0.605. The van der Waals surface area contributed by atoms with Gasteiger partial charge in [-0.05, 0) is 17.4 Å². The number of aliphatic imine (C=N–C) groups is 1. The molecule has 1 rings (SSSR count). The lowest BCUT2D eigenvalue weighted by Gasteiger charge is -2.08. The highest BCUT2D eigenvalue weighted by Crippen LogP contribution is 1.92. The van der Waals surface area contributed by atoms with Crippen molar-refractivity contribution in [3.8, 4) is 0 Å². The zero-order chi connectivity index (χ0) is 8.10. The number of aromatic nitrogens is 4. The van der Waals surface area contributed by atoms with Crippen LogP contribution in [0.1, 0.15) is 13.1 Å². The standard InChI is InChI=1S/C5H10N6/c1-5(7-3-6-2)11-4-8-9-10-11/h3-5H,1-2H3,(H,6,7). The fraction of sp³-hybridized carbons (Fsp3) is 0.600. The van der Waals surface area contributed by atoms with Gasteiger partial charge in [0, 0.05) is 7.05 Å². The highest BCUT2D eigenvalue weighted by atomic mass is 15.6. The zero-order valence-electron chi connectivity index (χ0n) is 6.47. The van der Waals surface area contributed by atoms with E-state index in [0.717, 1.165) is 0 Å². The van der Waals surface area contributed by atoms with Crippen LogP contribution in [-0.2, 0) is 0 Å². The van der Waals surface area contributed by atoms with Crippen molar-refractivity contribution in [3.05, 3.63) is 6.33 Å². The van der Waals surface area contributed by atoms with E-state index in [4.69, 9.17) is 0 Å². The lowest BCUT2D eigenvalue weighted by Crippen LogP contribution is -2.23. The molecule has 0 fully saturated rings. The van der Waals surface area contributed by atoms with Crippen LogP contribution in [0.4, 0.5) is 0 Å². The SMILES string of the molecule is CN=CNC(C)n1cnnn1. The smallest absolute Gasteiger partial charge is 0.140 e. The minimum atomic E-state index is 0.0358. The van der Waals surface area contributed by atoms with Gasteiger partial charge in [0.05, 0.1) is 6.34 Å². The third-order valence-electron chi connectivity index (χ3n) is 1.21. The topological polar surface area (TPSA) is 68.0 Å². The Morgan fingerprint density at radius 2 is 2.55 bits per heavy atom. The first-order valence-electron chi connectivity index (χ1n) is 3.23. The minimum Gasteiger partial charge on any atom is -0.355 e. The highest BCUT2D eigenvalue weighted by Gasteiger charge is 2.00. The molecule has 1 aromatic rings. The van der Waals surface area contributed by atoms with Crippen LogP contribution in [0.5, 0.6) is 0 Å². The Morgan fingerprint density at radius 1 is 1.73 bits per heavy atom. The summed E-state index contributed by atoms with van der Waals surface area (Å²) in [4.78, 5) is 3.77. The zero-order valence-corrected chi connectivity index (χ0v) is 6.47. The number of hydrogen-bond donors (Lipinski definition) is 1. The Hall–Kier alpha value is -1.46. The molecule has 0 amide bonds. The van der Waals surface area contributed by atoms with E-state index in [-0.39, 0.29) is 6.17 Å². The molecule has 0 saturated carbocycles. The summed E-state index contributed by atoms with van der Waals surface area (Å²) in [5, 5.41) is 13.7. The largest absolute Gasteiger partial charge is 0.355 e. The van der Waals surface area contributed by atoms with Crippen molar-refractivity contribution in [3.63, 3.8) is 0 Å². The molecule has 11 heavy (non-hydrogen) atoms. The maximum absolute atomic E-state index is 3.77. The van der Waals surface area contributed by atoms with Gasteiger partial charge in [-0.3, -0.25) is 4.99 Å². The molecule has 0 spiro atoms. The molecule has 60 valence electrons. The van der Waals surface area contributed by atoms with E-state index in [2.05, 4.69) is 25.8 Å². The lowest BCUT2D eigenvalue weighted by atomic mass is 10.6. The number of nitrogens with one attached hydrogen (secondary N) is 1. The summed E-state index contributed by atoms with van der Waals surface area (Å²) in [6.07, 6.45) is 3.18. The summed E-state index contributed by atoms with van der Waals surface area (Å²) in [5.74, 6) is 0. The predicted octanol–water partition coefficient (Wildman–Crippen LogP) is -0.561. The molecule has 1 atom stereocenters. The molecule has 6 nitrogen and oxygen atoms in total. The van der Waals surface area contributed by atoms with Crippen molar-refractivity contribution in [2.45, 2.75) is 13.1 Å². The number of nitrogens with zero attached hydrogens (tertiary/aromatic N) is 5. The van der Waals surface area contributed by atoms with Crippen LogP contribution in [0.15, 0.2) is 11.3 Å². The molecule has 6 heteroatoms. The third kappa shape index (κ3) is 1.99.